The van der Waals surface area contributed by atoms with Gasteiger partial charge in [0.2, 0.25) is 11.8 Å². The van der Waals surface area contributed by atoms with E-state index in [-0.39, 0.29) is 5.69 Å². The fraction of sp³-hybridized carbons (Fsp3) is 0.0588. The zero-order chi connectivity index (χ0) is 33.7. The highest BCUT2D eigenvalue weighted by atomic mass is 16.6. The number of methoxy groups -OCH3 is 2. The summed E-state index contributed by atoms with van der Waals surface area (Å²) in [5, 5.41) is 17.0. The van der Waals surface area contributed by atoms with Crippen LogP contribution in [0.5, 0.6) is 34.8 Å². The first-order valence-electron chi connectivity index (χ1n) is 14.3. The lowest BCUT2D eigenvalue weighted by Crippen LogP contribution is -1.96. The van der Waals surface area contributed by atoms with E-state index in [1.807, 2.05) is 48.5 Å². The molecule has 2 heterocycles. The molecule has 4 N–H and O–H groups in total. The van der Waals surface area contributed by atoms with Gasteiger partial charge in [-0.25, -0.2) is 19.9 Å². The van der Waals surface area contributed by atoms with Crippen LogP contribution in [0, 0.1) is 10.1 Å². The highest BCUT2D eigenvalue weighted by Gasteiger charge is 2.07. The standard InChI is InChI=1S/C17H14N4O4.C17H16N4O2/c1-24-14-6-2-12(3-7-14)20-16-10-17(19-11-18-16)25-15-8-4-13(5-9-15)21(22)23;1-22-14-8-4-13(5-9-14)21-16-10-17(20-11-19-16)23-15-6-2-12(18)3-7-15/h2-11H,1H3,(H,18,19,20);2-11H,18H2,1H3,(H,19,20,21). The predicted molar refractivity (Wildman–Crippen MR) is 181 cm³/mol. The molecular formula is C34H30N8O6. The van der Waals surface area contributed by atoms with Crippen molar-refractivity contribution in [3.05, 3.63) is 132 Å². The lowest BCUT2D eigenvalue weighted by atomic mass is 10.3. The average Bonchev–Trinajstić information content (AvgIpc) is 3.11. The number of aromatic nitrogens is 4. The van der Waals surface area contributed by atoms with Crippen LogP contribution in [-0.2, 0) is 0 Å². The molecule has 0 fully saturated rings. The molecule has 0 atom stereocenters. The van der Waals surface area contributed by atoms with Crippen molar-refractivity contribution in [3.63, 3.8) is 0 Å². The molecule has 0 aliphatic carbocycles. The summed E-state index contributed by atoms with van der Waals surface area (Å²) in [5.74, 6) is 4.61. The number of non-ortho nitro benzene ring substituents is 1. The number of rotatable bonds is 11. The summed E-state index contributed by atoms with van der Waals surface area (Å²) in [5.41, 5.74) is 8.06. The van der Waals surface area contributed by atoms with Crippen LogP contribution in [-0.4, -0.2) is 39.1 Å². The minimum atomic E-state index is -0.467. The van der Waals surface area contributed by atoms with Gasteiger partial charge in [0, 0.05) is 41.3 Å². The molecule has 0 radical (unpaired) electrons. The Kier molecular flexibility index (Phi) is 10.7. The summed E-state index contributed by atoms with van der Waals surface area (Å²) >= 11 is 0. The molecule has 14 heteroatoms. The molecule has 48 heavy (non-hydrogen) atoms. The quantitative estimate of drug-likeness (QED) is 0.0714. The zero-order valence-corrected chi connectivity index (χ0v) is 25.8. The Bertz CT molecular complexity index is 1920. The summed E-state index contributed by atoms with van der Waals surface area (Å²) in [6.07, 6.45) is 2.81. The molecule has 4 aromatic carbocycles. The second-order valence-electron chi connectivity index (χ2n) is 9.71. The van der Waals surface area contributed by atoms with Gasteiger partial charge >= 0.3 is 0 Å². The van der Waals surface area contributed by atoms with Gasteiger partial charge in [-0.1, -0.05) is 0 Å². The number of hydrogen-bond acceptors (Lipinski definition) is 13. The van der Waals surface area contributed by atoms with Crippen molar-refractivity contribution in [1.82, 2.24) is 19.9 Å². The fourth-order valence-electron chi connectivity index (χ4n) is 3.99. The van der Waals surface area contributed by atoms with Gasteiger partial charge in [-0.2, -0.15) is 0 Å². The van der Waals surface area contributed by atoms with E-state index in [2.05, 4.69) is 30.6 Å². The second kappa shape index (κ2) is 15.9. The van der Waals surface area contributed by atoms with Crippen molar-refractivity contribution in [2.24, 2.45) is 0 Å². The topological polar surface area (TPSA) is 182 Å². The monoisotopic (exact) mass is 646 g/mol. The highest BCUT2D eigenvalue weighted by Crippen LogP contribution is 2.26. The third-order valence-corrected chi connectivity index (χ3v) is 6.38. The molecule has 242 valence electrons. The summed E-state index contributed by atoms with van der Waals surface area (Å²) in [6, 6.07) is 31.2. The van der Waals surface area contributed by atoms with Gasteiger partial charge in [0.15, 0.2) is 0 Å². The number of nitro benzene ring substituents is 1. The maximum Gasteiger partial charge on any atom is 0.269 e. The molecule has 0 bridgehead atoms. The van der Waals surface area contributed by atoms with Crippen LogP contribution >= 0.6 is 0 Å². The van der Waals surface area contributed by atoms with Crippen LogP contribution in [0.25, 0.3) is 0 Å². The number of nitrogens with one attached hydrogen (secondary N) is 2. The van der Waals surface area contributed by atoms with E-state index in [1.165, 1.54) is 36.9 Å². The summed E-state index contributed by atoms with van der Waals surface area (Å²) in [7, 11) is 3.24. The van der Waals surface area contributed by atoms with Crippen molar-refractivity contribution >= 4 is 34.4 Å². The molecule has 0 aliphatic rings. The molecule has 2 aromatic heterocycles. The third-order valence-electron chi connectivity index (χ3n) is 6.38. The normalized spacial score (nSPS) is 10.1. The van der Waals surface area contributed by atoms with Crippen LogP contribution < -0.4 is 35.3 Å². The average molecular weight is 647 g/mol. The van der Waals surface area contributed by atoms with Gasteiger partial charge in [0.1, 0.15) is 47.3 Å². The van der Waals surface area contributed by atoms with Gasteiger partial charge in [-0.15, -0.1) is 0 Å². The Morgan fingerprint density at radius 2 is 0.979 bits per heavy atom. The molecule has 0 unspecified atom stereocenters. The molecule has 0 saturated carbocycles. The lowest BCUT2D eigenvalue weighted by molar-refractivity contribution is -0.384. The number of nitrogen functional groups attached to an aromatic ring is 1. The zero-order valence-electron chi connectivity index (χ0n) is 25.8. The van der Waals surface area contributed by atoms with Gasteiger partial charge in [-0.05, 0) is 84.9 Å². The van der Waals surface area contributed by atoms with E-state index in [1.54, 1.807) is 50.6 Å². The van der Waals surface area contributed by atoms with E-state index >= 15 is 0 Å². The number of ether oxygens (including phenoxy) is 4. The first-order valence-corrected chi connectivity index (χ1v) is 14.3. The van der Waals surface area contributed by atoms with Gasteiger partial charge in [-0.3, -0.25) is 10.1 Å². The number of hydrogen-bond donors (Lipinski definition) is 3. The van der Waals surface area contributed by atoms with E-state index in [9.17, 15) is 10.1 Å². The number of nitrogens with zero attached hydrogens (tertiary/aromatic N) is 5. The Morgan fingerprint density at radius 3 is 1.38 bits per heavy atom. The summed E-state index contributed by atoms with van der Waals surface area (Å²) in [6.45, 7) is 0. The van der Waals surface area contributed by atoms with Crippen LogP contribution in [0.2, 0.25) is 0 Å². The van der Waals surface area contributed by atoms with E-state index in [0.29, 0.717) is 40.6 Å². The SMILES string of the molecule is COc1ccc(Nc2cc(Oc3ccc(N)cc3)ncn2)cc1.COc1ccc(Nc2cc(Oc3ccc([N+](=O)[O-])cc3)ncn2)cc1. The van der Waals surface area contributed by atoms with Crippen molar-refractivity contribution in [3.8, 4) is 34.8 Å². The van der Waals surface area contributed by atoms with Crippen molar-refractivity contribution in [1.29, 1.82) is 0 Å². The van der Waals surface area contributed by atoms with Crippen molar-refractivity contribution in [2.75, 3.05) is 30.6 Å². The second-order valence-corrected chi connectivity index (χ2v) is 9.71. The Balaban J connectivity index is 0.000000188. The highest BCUT2D eigenvalue weighted by molar-refractivity contribution is 5.59. The Labute approximate surface area is 275 Å². The first-order chi connectivity index (χ1) is 23.4. The number of nitro groups is 1. The van der Waals surface area contributed by atoms with Crippen molar-refractivity contribution in [2.45, 2.75) is 0 Å². The fourth-order valence-corrected chi connectivity index (χ4v) is 3.99. The van der Waals surface area contributed by atoms with Crippen LogP contribution in [0.1, 0.15) is 0 Å². The van der Waals surface area contributed by atoms with E-state index < -0.39 is 4.92 Å². The molecule has 0 amide bonds. The Morgan fingerprint density at radius 1 is 0.583 bits per heavy atom. The molecule has 0 saturated heterocycles. The Hall–Kier alpha value is -6.96. The minimum Gasteiger partial charge on any atom is -0.497 e. The molecular weight excluding hydrogens is 616 g/mol. The maximum absolute atomic E-state index is 10.7. The smallest absolute Gasteiger partial charge is 0.269 e. The van der Waals surface area contributed by atoms with Crippen LogP contribution in [0.15, 0.2) is 122 Å². The largest absolute Gasteiger partial charge is 0.497 e. The van der Waals surface area contributed by atoms with Gasteiger partial charge in [0.05, 0.1) is 19.1 Å². The summed E-state index contributed by atoms with van der Waals surface area (Å²) in [4.78, 5) is 26.6. The van der Waals surface area contributed by atoms with Crippen LogP contribution in [0.4, 0.5) is 34.4 Å². The van der Waals surface area contributed by atoms with Crippen LogP contribution in [0.3, 0.4) is 0 Å². The molecule has 0 aliphatic heterocycles. The number of nitrogens with two attached hydrogens (primary N) is 1. The third kappa shape index (κ3) is 9.52. The lowest BCUT2D eigenvalue weighted by Gasteiger charge is -2.08. The molecule has 0 spiro atoms. The van der Waals surface area contributed by atoms with Gasteiger partial charge < -0.3 is 35.3 Å². The molecule has 6 rings (SSSR count). The number of benzene rings is 4. The molecule has 14 nitrogen and oxygen atoms in total. The molecule has 6 aromatic rings. The van der Waals surface area contributed by atoms with E-state index in [4.69, 9.17) is 24.7 Å². The van der Waals surface area contributed by atoms with Crippen molar-refractivity contribution < 1.29 is 23.9 Å². The van der Waals surface area contributed by atoms with E-state index in [0.717, 1.165) is 22.9 Å². The first kappa shape index (κ1) is 32.4. The van der Waals surface area contributed by atoms with Gasteiger partial charge in [0.25, 0.3) is 5.69 Å². The number of anilines is 5. The summed E-state index contributed by atoms with van der Waals surface area (Å²) < 4.78 is 21.5. The predicted octanol–water partition coefficient (Wildman–Crippen LogP) is 7.53. The maximum atomic E-state index is 10.7. The minimum absolute atomic E-state index is 0.00287.